The van der Waals surface area contributed by atoms with Crippen molar-refractivity contribution in [2.24, 2.45) is 0 Å². The number of aliphatic hydroxyl groups is 1. The summed E-state index contributed by atoms with van der Waals surface area (Å²) in [5, 5.41) is 9.03. The highest BCUT2D eigenvalue weighted by Crippen LogP contribution is 2.26. The summed E-state index contributed by atoms with van der Waals surface area (Å²) >= 11 is 0. The summed E-state index contributed by atoms with van der Waals surface area (Å²) in [4.78, 5) is 16.0. The van der Waals surface area contributed by atoms with Crippen molar-refractivity contribution in [1.82, 2.24) is 4.90 Å². The molecule has 0 aromatic heterocycles. The number of benzene rings is 1. The molecule has 96 valence electrons. The molecule has 0 spiro atoms. The zero-order valence-corrected chi connectivity index (χ0v) is 10.4. The van der Waals surface area contributed by atoms with Gasteiger partial charge in [0, 0.05) is 37.8 Å². The van der Waals surface area contributed by atoms with Crippen LogP contribution in [-0.4, -0.2) is 41.6 Å². The minimum atomic E-state index is 0.0885. The van der Waals surface area contributed by atoms with Gasteiger partial charge >= 0.3 is 0 Å². The molecule has 2 saturated heterocycles. The van der Waals surface area contributed by atoms with E-state index in [-0.39, 0.29) is 6.61 Å². The van der Waals surface area contributed by atoms with Gasteiger partial charge in [-0.1, -0.05) is 12.1 Å². The van der Waals surface area contributed by atoms with Crippen molar-refractivity contribution in [1.29, 1.82) is 0 Å². The first-order valence-electron chi connectivity index (χ1n) is 6.52. The normalized spacial score (nSPS) is 23.4. The molecule has 4 nitrogen and oxygen atoms in total. The van der Waals surface area contributed by atoms with E-state index in [1.54, 1.807) is 0 Å². The summed E-state index contributed by atoms with van der Waals surface area (Å²) in [6.07, 6.45) is 1.70. The second-order valence-corrected chi connectivity index (χ2v) is 5.05. The van der Waals surface area contributed by atoms with Crippen molar-refractivity contribution >= 4 is 11.6 Å². The Kier molecular flexibility index (Phi) is 2.96. The smallest absolute Gasteiger partial charge is 0.223 e. The predicted molar refractivity (Wildman–Crippen MR) is 69.3 cm³/mol. The van der Waals surface area contributed by atoms with E-state index < -0.39 is 0 Å². The van der Waals surface area contributed by atoms with Gasteiger partial charge in [0.25, 0.3) is 0 Å². The molecule has 2 heterocycles. The van der Waals surface area contributed by atoms with E-state index in [4.69, 9.17) is 5.11 Å². The fourth-order valence-corrected chi connectivity index (χ4v) is 2.91. The Balaban J connectivity index is 1.72. The van der Waals surface area contributed by atoms with Gasteiger partial charge in [0.15, 0.2) is 0 Å². The highest BCUT2D eigenvalue weighted by molar-refractivity contribution is 5.79. The Labute approximate surface area is 107 Å². The van der Waals surface area contributed by atoms with Crippen LogP contribution in [0.2, 0.25) is 0 Å². The maximum Gasteiger partial charge on any atom is 0.223 e. The minimum Gasteiger partial charge on any atom is -0.392 e. The zero-order valence-electron chi connectivity index (χ0n) is 10.4. The SMILES string of the molecule is O=C1CCC2CN(c3ccc(CO)cc3)CCN12. The fourth-order valence-electron chi connectivity index (χ4n) is 2.91. The second-order valence-electron chi connectivity index (χ2n) is 5.05. The molecule has 1 aromatic carbocycles. The molecule has 1 aromatic rings. The largest absolute Gasteiger partial charge is 0.392 e. The first-order valence-corrected chi connectivity index (χ1v) is 6.52. The third-order valence-corrected chi connectivity index (χ3v) is 3.98. The molecule has 1 unspecified atom stereocenters. The lowest BCUT2D eigenvalue weighted by atomic mass is 10.1. The highest BCUT2D eigenvalue weighted by atomic mass is 16.3. The van der Waals surface area contributed by atoms with Crippen LogP contribution in [0.5, 0.6) is 0 Å². The second kappa shape index (κ2) is 4.61. The number of carbonyl (C=O) groups excluding carboxylic acids is 1. The summed E-state index contributed by atoms with van der Waals surface area (Å²) in [5.41, 5.74) is 2.12. The highest BCUT2D eigenvalue weighted by Gasteiger charge is 2.35. The molecule has 0 bridgehead atoms. The molecular formula is C14H18N2O2. The number of hydrogen-bond donors (Lipinski definition) is 1. The standard InChI is InChI=1S/C14H18N2O2/c17-10-11-1-3-12(4-2-11)15-7-8-16-13(9-15)5-6-14(16)18/h1-4,13,17H,5-10H2. The topological polar surface area (TPSA) is 43.8 Å². The first-order chi connectivity index (χ1) is 8.78. The number of piperazine rings is 1. The third-order valence-electron chi connectivity index (χ3n) is 3.98. The molecular weight excluding hydrogens is 228 g/mol. The first kappa shape index (κ1) is 11.5. The summed E-state index contributed by atoms with van der Waals surface area (Å²) in [6, 6.07) is 8.42. The lowest BCUT2D eigenvalue weighted by Gasteiger charge is -2.38. The summed E-state index contributed by atoms with van der Waals surface area (Å²) < 4.78 is 0. The van der Waals surface area contributed by atoms with Gasteiger partial charge in [-0.05, 0) is 24.1 Å². The lowest BCUT2D eigenvalue weighted by Crippen LogP contribution is -2.51. The molecule has 3 rings (SSSR count). The molecule has 2 aliphatic heterocycles. The molecule has 0 saturated carbocycles. The Morgan fingerprint density at radius 1 is 1.22 bits per heavy atom. The summed E-state index contributed by atoms with van der Waals surface area (Å²) in [6.45, 7) is 2.77. The van der Waals surface area contributed by atoms with Crippen LogP contribution in [0.25, 0.3) is 0 Å². The molecule has 1 N–H and O–H groups in total. The van der Waals surface area contributed by atoms with Crippen LogP contribution in [0.15, 0.2) is 24.3 Å². The van der Waals surface area contributed by atoms with Gasteiger partial charge in [-0.25, -0.2) is 0 Å². The average molecular weight is 246 g/mol. The number of fused-ring (bicyclic) bond motifs is 1. The number of aliphatic hydroxyl groups excluding tert-OH is 1. The van der Waals surface area contributed by atoms with Crippen LogP contribution in [0, 0.1) is 0 Å². The molecule has 1 amide bonds. The van der Waals surface area contributed by atoms with E-state index in [1.807, 2.05) is 17.0 Å². The summed E-state index contributed by atoms with van der Waals surface area (Å²) in [5.74, 6) is 0.315. The number of amides is 1. The third kappa shape index (κ3) is 1.97. The lowest BCUT2D eigenvalue weighted by molar-refractivity contribution is -0.129. The van der Waals surface area contributed by atoms with E-state index >= 15 is 0 Å². The van der Waals surface area contributed by atoms with Crippen LogP contribution in [-0.2, 0) is 11.4 Å². The molecule has 0 aliphatic carbocycles. The summed E-state index contributed by atoms with van der Waals surface area (Å²) in [7, 11) is 0. The van der Waals surface area contributed by atoms with E-state index in [9.17, 15) is 4.79 Å². The van der Waals surface area contributed by atoms with Crippen molar-refractivity contribution < 1.29 is 9.90 Å². The van der Waals surface area contributed by atoms with Crippen molar-refractivity contribution in [3.63, 3.8) is 0 Å². The molecule has 2 fully saturated rings. The predicted octanol–water partition coefficient (Wildman–Crippen LogP) is 0.990. The van der Waals surface area contributed by atoms with Crippen molar-refractivity contribution in [3.05, 3.63) is 29.8 Å². The van der Waals surface area contributed by atoms with Gasteiger partial charge in [0.1, 0.15) is 0 Å². The maximum absolute atomic E-state index is 11.6. The number of carbonyl (C=O) groups is 1. The van der Waals surface area contributed by atoms with Crippen LogP contribution in [0.4, 0.5) is 5.69 Å². The number of nitrogens with zero attached hydrogens (tertiary/aromatic N) is 2. The van der Waals surface area contributed by atoms with Crippen LogP contribution >= 0.6 is 0 Å². The fraction of sp³-hybridized carbons (Fsp3) is 0.500. The quantitative estimate of drug-likeness (QED) is 0.846. The van der Waals surface area contributed by atoms with E-state index in [0.717, 1.165) is 31.6 Å². The van der Waals surface area contributed by atoms with Crippen molar-refractivity contribution in [2.75, 3.05) is 24.5 Å². The maximum atomic E-state index is 11.6. The van der Waals surface area contributed by atoms with E-state index in [2.05, 4.69) is 17.0 Å². The van der Waals surface area contributed by atoms with Gasteiger partial charge < -0.3 is 14.9 Å². The number of rotatable bonds is 2. The Bertz CT molecular complexity index is 444. The van der Waals surface area contributed by atoms with Crippen molar-refractivity contribution in [3.8, 4) is 0 Å². The van der Waals surface area contributed by atoms with Crippen LogP contribution in [0.3, 0.4) is 0 Å². The molecule has 18 heavy (non-hydrogen) atoms. The number of anilines is 1. The van der Waals surface area contributed by atoms with Crippen LogP contribution in [0.1, 0.15) is 18.4 Å². The molecule has 0 radical (unpaired) electrons. The average Bonchev–Trinajstić information content (AvgIpc) is 2.80. The van der Waals surface area contributed by atoms with Crippen molar-refractivity contribution in [2.45, 2.75) is 25.5 Å². The van der Waals surface area contributed by atoms with E-state index in [0.29, 0.717) is 18.4 Å². The van der Waals surface area contributed by atoms with Gasteiger partial charge in [0.05, 0.1) is 6.61 Å². The minimum absolute atomic E-state index is 0.0885. The Morgan fingerprint density at radius 2 is 2.00 bits per heavy atom. The Morgan fingerprint density at radius 3 is 2.72 bits per heavy atom. The monoisotopic (exact) mass is 246 g/mol. The van der Waals surface area contributed by atoms with Gasteiger partial charge in [-0.2, -0.15) is 0 Å². The van der Waals surface area contributed by atoms with Gasteiger partial charge in [-0.15, -0.1) is 0 Å². The van der Waals surface area contributed by atoms with Crippen LogP contribution < -0.4 is 4.90 Å². The molecule has 1 atom stereocenters. The van der Waals surface area contributed by atoms with E-state index in [1.165, 1.54) is 5.69 Å². The Hall–Kier alpha value is -1.55. The zero-order chi connectivity index (χ0) is 12.5. The van der Waals surface area contributed by atoms with Gasteiger partial charge in [-0.3, -0.25) is 4.79 Å². The number of hydrogen-bond acceptors (Lipinski definition) is 3. The molecule has 2 aliphatic rings. The molecule has 4 heteroatoms. The van der Waals surface area contributed by atoms with Gasteiger partial charge in [0.2, 0.25) is 5.91 Å².